The zero-order valence-corrected chi connectivity index (χ0v) is 12.3. The van der Waals surface area contributed by atoms with Crippen LogP contribution in [0.5, 0.6) is 5.75 Å². The van der Waals surface area contributed by atoms with Crippen molar-refractivity contribution in [2.75, 3.05) is 26.7 Å². The quantitative estimate of drug-likeness (QED) is 0.859. The van der Waals surface area contributed by atoms with Crippen LogP contribution < -0.4 is 10.5 Å². The molecule has 0 aliphatic carbocycles. The predicted octanol–water partition coefficient (Wildman–Crippen LogP) is 2.38. The van der Waals surface area contributed by atoms with Gasteiger partial charge in [-0.05, 0) is 43.6 Å². The highest BCUT2D eigenvalue weighted by Crippen LogP contribution is 2.21. The molecule has 108 valence electrons. The van der Waals surface area contributed by atoms with Gasteiger partial charge in [0.15, 0.2) is 0 Å². The molecule has 0 atom stereocenters. The number of rotatable bonds is 3. The Labute approximate surface area is 122 Å². The fraction of sp³-hybridized carbons (Fsp3) is 0.529. The summed E-state index contributed by atoms with van der Waals surface area (Å²) in [6, 6.07) is 6.28. The van der Waals surface area contributed by atoms with E-state index >= 15 is 0 Å². The van der Waals surface area contributed by atoms with E-state index in [1.165, 1.54) is 44.3 Å². The van der Waals surface area contributed by atoms with Crippen molar-refractivity contribution in [2.24, 2.45) is 5.73 Å². The predicted molar refractivity (Wildman–Crippen MR) is 82.7 cm³/mol. The number of methoxy groups -OCH3 is 1. The molecule has 1 saturated heterocycles. The minimum Gasteiger partial charge on any atom is -0.495 e. The summed E-state index contributed by atoms with van der Waals surface area (Å²) in [5.41, 5.74) is 7.69. The van der Waals surface area contributed by atoms with Crippen molar-refractivity contribution in [3.05, 3.63) is 29.3 Å². The summed E-state index contributed by atoms with van der Waals surface area (Å²) < 4.78 is 5.35. The third-order valence-corrected chi connectivity index (χ3v) is 3.69. The maximum Gasteiger partial charge on any atom is 0.134 e. The fourth-order valence-electron chi connectivity index (χ4n) is 2.65. The van der Waals surface area contributed by atoms with E-state index in [0.29, 0.717) is 6.54 Å². The summed E-state index contributed by atoms with van der Waals surface area (Å²) in [4.78, 5) is 2.54. The lowest BCUT2D eigenvalue weighted by Gasteiger charge is -2.20. The Bertz CT molecular complexity index is 479. The molecule has 0 spiro atoms. The average Bonchev–Trinajstić information content (AvgIpc) is 2.74. The molecule has 0 radical (unpaired) electrons. The van der Waals surface area contributed by atoms with Crippen molar-refractivity contribution in [2.45, 2.75) is 32.2 Å². The first-order valence-electron chi connectivity index (χ1n) is 7.41. The monoisotopic (exact) mass is 272 g/mol. The smallest absolute Gasteiger partial charge is 0.134 e. The molecule has 2 N–H and O–H groups in total. The highest BCUT2D eigenvalue weighted by Gasteiger charge is 2.10. The molecule has 1 aliphatic rings. The van der Waals surface area contributed by atoms with Gasteiger partial charge in [-0.1, -0.05) is 30.7 Å². The number of likely N-dealkylation sites (tertiary alicyclic amines) is 1. The minimum absolute atomic E-state index is 0.375. The van der Waals surface area contributed by atoms with Crippen LogP contribution in [-0.2, 0) is 6.54 Å². The van der Waals surface area contributed by atoms with Crippen LogP contribution in [0.4, 0.5) is 0 Å². The second kappa shape index (κ2) is 7.94. The molecular formula is C17H24N2O. The van der Waals surface area contributed by atoms with Gasteiger partial charge in [0.05, 0.1) is 19.2 Å². The average molecular weight is 272 g/mol. The topological polar surface area (TPSA) is 38.5 Å². The lowest BCUT2D eigenvalue weighted by Crippen LogP contribution is -2.23. The molecule has 3 nitrogen and oxygen atoms in total. The Morgan fingerprint density at radius 1 is 1.20 bits per heavy atom. The molecule has 0 amide bonds. The van der Waals surface area contributed by atoms with E-state index in [9.17, 15) is 0 Å². The van der Waals surface area contributed by atoms with Crippen molar-refractivity contribution in [3.63, 3.8) is 0 Å². The van der Waals surface area contributed by atoms with Crippen molar-refractivity contribution < 1.29 is 4.74 Å². The van der Waals surface area contributed by atoms with Crippen molar-refractivity contribution >= 4 is 0 Å². The Morgan fingerprint density at radius 3 is 2.60 bits per heavy atom. The van der Waals surface area contributed by atoms with Crippen LogP contribution in [0.25, 0.3) is 0 Å². The van der Waals surface area contributed by atoms with Crippen LogP contribution in [0.2, 0.25) is 0 Å². The van der Waals surface area contributed by atoms with Gasteiger partial charge in [-0.3, -0.25) is 4.90 Å². The normalized spacial score (nSPS) is 16.1. The molecule has 0 aromatic heterocycles. The number of nitrogens with two attached hydrogens (primary N) is 1. The van der Waals surface area contributed by atoms with Crippen molar-refractivity contribution in [1.82, 2.24) is 4.90 Å². The molecule has 1 fully saturated rings. The second-order valence-corrected chi connectivity index (χ2v) is 5.23. The summed E-state index contributed by atoms with van der Waals surface area (Å²) >= 11 is 0. The summed E-state index contributed by atoms with van der Waals surface area (Å²) in [6.45, 7) is 3.78. The molecule has 20 heavy (non-hydrogen) atoms. The van der Waals surface area contributed by atoms with Crippen molar-refractivity contribution in [1.29, 1.82) is 0 Å². The van der Waals surface area contributed by atoms with Crippen LogP contribution in [0.15, 0.2) is 18.2 Å². The van der Waals surface area contributed by atoms with Gasteiger partial charge in [0.2, 0.25) is 0 Å². The van der Waals surface area contributed by atoms with Gasteiger partial charge in [-0.25, -0.2) is 0 Å². The van der Waals surface area contributed by atoms with E-state index in [0.717, 1.165) is 17.9 Å². The Balaban J connectivity index is 2.11. The molecular weight excluding hydrogens is 248 g/mol. The first-order valence-corrected chi connectivity index (χ1v) is 7.41. The van der Waals surface area contributed by atoms with Gasteiger partial charge >= 0.3 is 0 Å². The van der Waals surface area contributed by atoms with Gasteiger partial charge in [0.25, 0.3) is 0 Å². The fourth-order valence-corrected chi connectivity index (χ4v) is 2.65. The third-order valence-electron chi connectivity index (χ3n) is 3.69. The number of benzene rings is 1. The highest BCUT2D eigenvalue weighted by molar-refractivity contribution is 5.48. The number of nitrogens with zero attached hydrogens (tertiary/aromatic N) is 1. The molecule has 1 heterocycles. The van der Waals surface area contributed by atoms with Gasteiger partial charge in [0, 0.05) is 6.54 Å². The summed E-state index contributed by atoms with van der Waals surface area (Å²) in [7, 11) is 1.68. The molecule has 2 rings (SSSR count). The zero-order chi connectivity index (χ0) is 14.2. The van der Waals surface area contributed by atoms with Crippen LogP contribution in [-0.4, -0.2) is 31.6 Å². The second-order valence-electron chi connectivity index (χ2n) is 5.23. The first-order chi connectivity index (χ1) is 9.83. The van der Waals surface area contributed by atoms with E-state index in [1.54, 1.807) is 7.11 Å². The molecule has 1 aliphatic heterocycles. The van der Waals surface area contributed by atoms with Gasteiger partial charge in [-0.2, -0.15) is 0 Å². The van der Waals surface area contributed by atoms with Gasteiger partial charge in [-0.15, -0.1) is 0 Å². The minimum atomic E-state index is 0.375. The van der Waals surface area contributed by atoms with Crippen LogP contribution in [0, 0.1) is 11.8 Å². The molecule has 0 saturated carbocycles. The Morgan fingerprint density at radius 2 is 1.95 bits per heavy atom. The van der Waals surface area contributed by atoms with Crippen molar-refractivity contribution in [3.8, 4) is 17.6 Å². The number of hydrogen-bond acceptors (Lipinski definition) is 3. The van der Waals surface area contributed by atoms with Crippen LogP contribution in [0.3, 0.4) is 0 Å². The standard InChI is InChI=1S/C17H24N2O/c1-20-17-9-8-15(13-16(17)7-6-10-18)14-19-11-4-2-3-5-12-19/h8-9,13H,2-5,10-12,14,18H2,1H3. The molecule has 1 aromatic rings. The SMILES string of the molecule is COc1ccc(CN2CCCCCC2)cc1C#CCN. The maximum absolute atomic E-state index is 5.45. The Hall–Kier alpha value is -1.50. The van der Waals surface area contributed by atoms with Gasteiger partial charge < -0.3 is 10.5 Å². The number of ether oxygens (including phenoxy) is 1. The molecule has 3 heteroatoms. The maximum atomic E-state index is 5.45. The lowest BCUT2D eigenvalue weighted by molar-refractivity contribution is 0.277. The van der Waals surface area contributed by atoms with Gasteiger partial charge in [0.1, 0.15) is 5.75 Å². The molecule has 1 aromatic carbocycles. The zero-order valence-electron chi connectivity index (χ0n) is 12.3. The summed E-state index contributed by atoms with van der Waals surface area (Å²) in [5.74, 6) is 6.82. The Kier molecular flexibility index (Phi) is 5.91. The number of hydrogen-bond donors (Lipinski definition) is 1. The largest absolute Gasteiger partial charge is 0.495 e. The molecule has 0 unspecified atom stereocenters. The van der Waals surface area contributed by atoms with E-state index in [-0.39, 0.29) is 0 Å². The molecule has 0 bridgehead atoms. The van der Waals surface area contributed by atoms with E-state index in [1.807, 2.05) is 6.07 Å². The van der Waals surface area contributed by atoms with E-state index in [2.05, 4.69) is 28.9 Å². The first kappa shape index (κ1) is 14.9. The highest BCUT2D eigenvalue weighted by atomic mass is 16.5. The van der Waals surface area contributed by atoms with E-state index in [4.69, 9.17) is 10.5 Å². The third kappa shape index (κ3) is 4.26. The van der Waals surface area contributed by atoms with Crippen LogP contribution in [0.1, 0.15) is 36.8 Å². The lowest BCUT2D eigenvalue weighted by atomic mass is 10.1. The summed E-state index contributed by atoms with van der Waals surface area (Å²) in [5, 5.41) is 0. The van der Waals surface area contributed by atoms with Crippen LogP contribution >= 0.6 is 0 Å². The van der Waals surface area contributed by atoms with E-state index < -0.39 is 0 Å². The summed E-state index contributed by atoms with van der Waals surface area (Å²) in [6.07, 6.45) is 5.37.